The fourth-order valence-electron chi connectivity index (χ4n) is 2.64. The fraction of sp³-hybridized carbons (Fsp3) is 0.105. The number of methoxy groups -OCH3 is 1. The molecule has 0 saturated carbocycles. The normalized spacial score (nSPS) is 13.5. The van der Waals surface area contributed by atoms with E-state index in [1.165, 1.54) is 7.11 Å². The molecule has 22 heavy (non-hydrogen) atoms. The number of fused-ring (bicyclic) bond motifs is 1. The summed E-state index contributed by atoms with van der Waals surface area (Å²) in [5.74, 6) is -0.700. The van der Waals surface area contributed by atoms with Gasteiger partial charge in [0.15, 0.2) is 0 Å². The maximum absolute atomic E-state index is 12.3. The van der Waals surface area contributed by atoms with Gasteiger partial charge in [-0.25, -0.2) is 4.79 Å². The highest BCUT2D eigenvalue weighted by Gasteiger charge is 2.41. The highest BCUT2D eigenvalue weighted by molar-refractivity contribution is 5.89. The summed E-state index contributed by atoms with van der Waals surface area (Å²) in [6.07, 6.45) is 0. The van der Waals surface area contributed by atoms with Gasteiger partial charge < -0.3 is 9.84 Å². The van der Waals surface area contributed by atoms with Crippen molar-refractivity contribution in [2.75, 3.05) is 7.11 Å². The third-order valence-corrected chi connectivity index (χ3v) is 3.84. The van der Waals surface area contributed by atoms with Crippen molar-refractivity contribution >= 4 is 16.7 Å². The number of hydrogen-bond acceptors (Lipinski definition) is 3. The lowest BCUT2D eigenvalue weighted by molar-refractivity contribution is -0.158. The van der Waals surface area contributed by atoms with Crippen molar-refractivity contribution in [1.29, 1.82) is 0 Å². The van der Waals surface area contributed by atoms with Crippen LogP contribution in [-0.2, 0) is 15.1 Å². The average Bonchev–Trinajstić information content (AvgIpc) is 2.60. The van der Waals surface area contributed by atoms with Crippen LogP contribution in [-0.4, -0.2) is 18.2 Å². The number of hydrogen-bond donors (Lipinski definition) is 1. The highest BCUT2D eigenvalue weighted by atomic mass is 16.5. The minimum absolute atomic E-state index is 0.483. The molecule has 0 aliphatic carbocycles. The van der Waals surface area contributed by atoms with Gasteiger partial charge in [0, 0.05) is 5.56 Å². The van der Waals surface area contributed by atoms with Gasteiger partial charge in [-0.1, -0.05) is 66.7 Å². The fourth-order valence-corrected chi connectivity index (χ4v) is 2.64. The molecule has 110 valence electrons. The van der Waals surface area contributed by atoms with Crippen LogP contribution in [0.15, 0.2) is 72.8 Å². The number of carbonyl (C=O) groups excluding carboxylic acids is 1. The molecule has 0 aromatic heterocycles. The van der Waals surface area contributed by atoms with Crippen LogP contribution < -0.4 is 0 Å². The summed E-state index contributed by atoms with van der Waals surface area (Å²) in [5.41, 5.74) is -0.846. The molecule has 1 atom stereocenters. The molecule has 0 aliphatic heterocycles. The van der Waals surface area contributed by atoms with Crippen molar-refractivity contribution in [2.45, 2.75) is 5.60 Å². The maximum atomic E-state index is 12.3. The summed E-state index contributed by atoms with van der Waals surface area (Å²) in [6.45, 7) is 0. The van der Waals surface area contributed by atoms with Crippen LogP contribution in [0.2, 0.25) is 0 Å². The van der Waals surface area contributed by atoms with E-state index in [0.29, 0.717) is 11.1 Å². The van der Waals surface area contributed by atoms with E-state index in [2.05, 4.69) is 0 Å². The van der Waals surface area contributed by atoms with Gasteiger partial charge in [0.25, 0.3) is 0 Å². The van der Waals surface area contributed by atoms with E-state index in [1.54, 1.807) is 30.3 Å². The van der Waals surface area contributed by atoms with E-state index >= 15 is 0 Å². The topological polar surface area (TPSA) is 46.5 Å². The minimum Gasteiger partial charge on any atom is -0.466 e. The summed E-state index contributed by atoms with van der Waals surface area (Å²) in [6, 6.07) is 22.1. The Morgan fingerprint density at radius 3 is 2.18 bits per heavy atom. The van der Waals surface area contributed by atoms with Crippen molar-refractivity contribution in [2.24, 2.45) is 0 Å². The number of aliphatic hydroxyl groups is 1. The lowest BCUT2D eigenvalue weighted by Gasteiger charge is -2.26. The molecule has 3 aromatic rings. The zero-order valence-electron chi connectivity index (χ0n) is 12.2. The van der Waals surface area contributed by atoms with E-state index in [1.807, 2.05) is 42.5 Å². The Morgan fingerprint density at radius 1 is 0.864 bits per heavy atom. The molecule has 3 nitrogen and oxygen atoms in total. The Labute approximate surface area is 128 Å². The number of carbonyl (C=O) groups is 1. The van der Waals surface area contributed by atoms with Crippen molar-refractivity contribution in [3.63, 3.8) is 0 Å². The Balaban J connectivity index is 2.22. The summed E-state index contributed by atoms with van der Waals surface area (Å²) >= 11 is 0. The van der Waals surface area contributed by atoms with Gasteiger partial charge in [-0.05, 0) is 22.4 Å². The van der Waals surface area contributed by atoms with Crippen LogP contribution in [0.3, 0.4) is 0 Å². The molecule has 0 aliphatic rings. The van der Waals surface area contributed by atoms with E-state index in [4.69, 9.17) is 4.74 Å². The first-order valence-electron chi connectivity index (χ1n) is 7.02. The monoisotopic (exact) mass is 292 g/mol. The average molecular weight is 292 g/mol. The lowest BCUT2D eigenvalue weighted by atomic mass is 9.85. The quantitative estimate of drug-likeness (QED) is 0.754. The van der Waals surface area contributed by atoms with Crippen LogP contribution >= 0.6 is 0 Å². The summed E-state index contributed by atoms with van der Waals surface area (Å²) < 4.78 is 4.85. The Bertz CT molecular complexity index is 811. The van der Waals surface area contributed by atoms with E-state index in [-0.39, 0.29) is 0 Å². The van der Waals surface area contributed by atoms with E-state index < -0.39 is 11.6 Å². The van der Waals surface area contributed by atoms with Crippen molar-refractivity contribution < 1.29 is 14.6 Å². The van der Waals surface area contributed by atoms with Crippen LogP contribution in [0.4, 0.5) is 0 Å². The van der Waals surface area contributed by atoms with Crippen LogP contribution in [0.1, 0.15) is 11.1 Å². The van der Waals surface area contributed by atoms with Crippen LogP contribution in [0.5, 0.6) is 0 Å². The predicted molar refractivity (Wildman–Crippen MR) is 85.4 cm³/mol. The number of benzene rings is 3. The molecule has 0 radical (unpaired) electrons. The molecule has 0 unspecified atom stereocenters. The lowest BCUT2D eigenvalue weighted by Crippen LogP contribution is -2.38. The third kappa shape index (κ3) is 2.26. The number of ether oxygens (including phenoxy) is 1. The first kappa shape index (κ1) is 14.3. The van der Waals surface area contributed by atoms with Gasteiger partial charge in [0.05, 0.1) is 7.11 Å². The highest BCUT2D eigenvalue weighted by Crippen LogP contribution is 2.32. The molecule has 3 aromatic carbocycles. The second-order valence-electron chi connectivity index (χ2n) is 5.13. The Kier molecular flexibility index (Phi) is 3.65. The molecular weight excluding hydrogens is 276 g/mol. The van der Waals surface area contributed by atoms with Gasteiger partial charge in [0.1, 0.15) is 0 Å². The third-order valence-electron chi connectivity index (χ3n) is 3.84. The summed E-state index contributed by atoms with van der Waals surface area (Å²) in [7, 11) is 1.28. The maximum Gasteiger partial charge on any atom is 0.347 e. The standard InChI is InChI=1S/C19H16O3/c1-22-18(20)19(21,16-9-3-2-4-10-16)17-12-11-14-7-5-6-8-15(14)13-17/h2-13,21H,1H3/t19-/m0/s1. The van der Waals surface area contributed by atoms with Crippen molar-refractivity contribution in [3.05, 3.63) is 83.9 Å². The molecule has 0 saturated heterocycles. The zero-order valence-corrected chi connectivity index (χ0v) is 12.2. The summed E-state index contributed by atoms with van der Waals surface area (Å²) in [5, 5.41) is 13.1. The van der Waals surface area contributed by atoms with Crippen LogP contribution in [0.25, 0.3) is 10.8 Å². The van der Waals surface area contributed by atoms with Gasteiger partial charge >= 0.3 is 5.97 Å². The first-order chi connectivity index (χ1) is 10.7. The molecule has 1 N–H and O–H groups in total. The molecule has 0 heterocycles. The molecule has 3 heteroatoms. The number of esters is 1. The molecule has 0 amide bonds. The smallest absolute Gasteiger partial charge is 0.347 e. The zero-order chi connectivity index (χ0) is 15.6. The van der Waals surface area contributed by atoms with Gasteiger partial charge in [-0.15, -0.1) is 0 Å². The van der Waals surface area contributed by atoms with E-state index in [9.17, 15) is 9.90 Å². The van der Waals surface area contributed by atoms with E-state index in [0.717, 1.165) is 10.8 Å². The van der Waals surface area contributed by atoms with Crippen LogP contribution in [0, 0.1) is 0 Å². The first-order valence-corrected chi connectivity index (χ1v) is 7.02. The predicted octanol–water partition coefficient (Wildman–Crippen LogP) is 3.25. The SMILES string of the molecule is COC(=O)[C@](O)(c1ccccc1)c1ccc2ccccc2c1. The van der Waals surface area contributed by atoms with Gasteiger partial charge in [-0.3, -0.25) is 0 Å². The van der Waals surface area contributed by atoms with Crippen molar-refractivity contribution in [1.82, 2.24) is 0 Å². The summed E-state index contributed by atoms with van der Waals surface area (Å²) in [4.78, 5) is 12.3. The second-order valence-corrected chi connectivity index (χ2v) is 5.13. The molecular formula is C19H16O3. The molecule has 0 spiro atoms. The van der Waals surface area contributed by atoms with Gasteiger partial charge in [0.2, 0.25) is 5.60 Å². The molecule has 3 rings (SSSR count). The molecule has 0 fully saturated rings. The number of rotatable bonds is 3. The second kappa shape index (κ2) is 5.62. The van der Waals surface area contributed by atoms with Crippen molar-refractivity contribution in [3.8, 4) is 0 Å². The Hall–Kier alpha value is -2.65. The Morgan fingerprint density at radius 2 is 1.50 bits per heavy atom. The largest absolute Gasteiger partial charge is 0.466 e. The van der Waals surface area contributed by atoms with Gasteiger partial charge in [-0.2, -0.15) is 0 Å². The molecule has 0 bridgehead atoms. The minimum atomic E-state index is -1.82.